The van der Waals surface area contributed by atoms with Gasteiger partial charge in [0.2, 0.25) is 11.8 Å². The minimum absolute atomic E-state index is 0.0164. The summed E-state index contributed by atoms with van der Waals surface area (Å²) in [4.78, 5) is 21.2. The first-order chi connectivity index (χ1) is 5.20. The van der Waals surface area contributed by atoms with Gasteiger partial charge in [0.1, 0.15) is 0 Å². The van der Waals surface area contributed by atoms with Crippen molar-refractivity contribution >= 4 is 11.8 Å². The third-order valence-electron chi connectivity index (χ3n) is 1.51. The molecule has 64 valence electrons. The van der Waals surface area contributed by atoms with Crippen LogP contribution < -0.4 is 5.32 Å². The molecule has 1 heterocycles. The Balaban J connectivity index is 0.000000461. The number of nitrogens with one attached hydrogen (secondary N) is 1. The Labute approximate surface area is 67.2 Å². The highest BCUT2D eigenvalue weighted by Gasteiger charge is 2.21. The van der Waals surface area contributed by atoms with Gasteiger partial charge in [0.15, 0.2) is 0 Å². The fourth-order valence-electron chi connectivity index (χ4n) is 0.802. The van der Waals surface area contributed by atoms with E-state index in [2.05, 4.69) is 5.32 Å². The molecule has 1 atom stereocenters. The van der Waals surface area contributed by atoms with Crippen LogP contribution in [0.3, 0.4) is 0 Å². The molecule has 2 amide bonds. The Kier molecular flexibility index (Phi) is 4.50. The maximum atomic E-state index is 10.7. The van der Waals surface area contributed by atoms with Crippen LogP contribution in [-0.4, -0.2) is 11.8 Å². The molecular formula is C8H15NO2. The van der Waals surface area contributed by atoms with Gasteiger partial charge in [-0.05, 0) is 6.42 Å². The van der Waals surface area contributed by atoms with E-state index in [9.17, 15) is 9.59 Å². The summed E-state index contributed by atoms with van der Waals surface area (Å²) in [5, 5.41) is 2.25. The molecule has 1 saturated heterocycles. The molecule has 1 aliphatic rings. The standard InChI is InChI=1S/C6H9NO2.C2H6/c1-4-2-3-5(8)7-6(4)9;1-2/h4H,2-3H2,1H3,(H,7,8,9);1-2H3/t4-;/m1./s1. The number of hydrogen-bond donors (Lipinski definition) is 1. The Hall–Kier alpha value is -0.860. The van der Waals surface area contributed by atoms with Crippen molar-refractivity contribution < 1.29 is 9.59 Å². The van der Waals surface area contributed by atoms with Crippen LogP contribution in [0.5, 0.6) is 0 Å². The van der Waals surface area contributed by atoms with Crippen LogP contribution in [0.4, 0.5) is 0 Å². The van der Waals surface area contributed by atoms with Gasteiger partial charge in [-0.1, -0.05) is 20.8 Å². The van der Waals surface area contributed by atoms with Gasteiger partial charge in [0.05, 0.1) is 0 Å². The van der Waals surface area contributed by atoms with Crippen molar-refractivity contribution in [3.8, 4) is 0 Å². The van der Waals surface area contributed by atoms with E-state index in [1.54, 1.807) is 0 Å². The molecule has 0 unspecified atom stereocenters. The van der Waals surface area contributed by atoms with Crippen molar-refractivity contribution in [2.45, 2.75) is 33.6 Å². The molecule has 1 fully saturated rings. The molecule has 1 rings (SSSR count). The molecule has 0 aromatic rings. The van der Waals surface area contributed by atoms with E-state index in [-0.39, 0.29) is 17.7 Å². The van der Waals surface area contributed by atoms with Crippen molar-refractivity contribution in [2.75, 3.05) is 0 Å². The van der Waals surface area contributed by atoms with E-state index >= 15 is 0 Å². The van der Waals surface area contributed by atoms with Gasteiger partial charge in [-0.25, -0.2) is 0 Å². The van der Waals surface area contributed by atoms with E-state index in [4.69, 9.17) is 0 Å². The number of piperidine rings is 1. The highest BCUT2D eigenvalue weighted by Crippen LogP contribution is 2.09. The van der Waals surface area contributed by atoms with Crippen LogP contribution in [0.15, 0.2) is 0 Å². The fourth-order valence-corrected chi connectivity index (χ4v) is 0.802. The van der Waals surface area contributed by atoms with Crippen molar-refractivity contribution in [3.63, 3.8) is 0 Å². The van der Waals surface area contributed by atoms with Gasteiger partial charge in [-0.3, -0.25) is 14.9 Å². The number of carbonyl (C=O) groups excluding carboxylic acids is 2. The molecule has 0 aliphatic carbocycles. The minimum atomic E-state index is -0.141. The SMILES string of the molecule is CC.C[C@@H]1CCC(=O)NC1=O. The summed E-state index contributed by atoms with van der Waals surface area (Å²) in [6, 6.07) is 0. The molecule has 11 heavy (non-hydrogen) atoms. The maximum Gasteiger partial charge on any atom is 0.229 e. The average molecular weight is 157 g/mol. The van der Waals surface area contributed by atoms with Crippen LogP contribution in [-0.2, 0) is 9.59 Å². The van der Waals surface area contributed by atoms with E-state index in [1.807, 2.05) is 20.8 Å². The number of imide groups is 1. The molecule has 0 bridgehead atoms. The largest absolute Gasteiger partial charge is 0.296 e. The first-order valence-electron chi connectivity index (χ1n) is 4.04. The van der Waals surface area contributed by atoms with Crippen molar-refractivity contribution in [3.05, 3.63) is 0 Å². The molecule has 0 radical (unpaired) electrons. The molecule has 0 aromatic carbocycles. The van der Waals surface area contributed by atoms with Crippen LogP contribution in [0.1, 0.15) is 33.6 Å². The van der Waals surface area contributed by atoms with Crippen LogP contribution in [0.25, 0.3) is 0 Å². The highest BCUT2D eigenvalue weighted by molar-refractivity contribution is 5.98. The molecule has 3 nitrogen and oxygen atoms in total. The first-order valence-corrected chi connectivity index (χ1v) is 4.04. The topological polar surface area (TPSA) is 46.2 Å². The highest BCUT2D eigenvalue weighted by atomic mass is 16.2. The van der Waals surface area contributed by atoms with Gasteiger partial charge in [0.25, 0.3) is 0 Å². The summed E-state index contributed by atoms with van der Waals surface area (Å²) >= 11 is 0. The number of rotatable bonds is 0. The lowest BCUT2D eigenvalue weighted by Crippen LogP contribution is -2.39. The summed E-state index contributed by atoms with van der Waals surface area (Å²) in [6.07, 6.45) is 1.19. The zero-order valence-electron chi connectivity index (χ0n) is 7.31. The Bertz CT molecular complexity index is 154. The molecule has 3 heteroatoms. The fraction of sp³-hybridized carbons (Fsp3) is 0.750. The lowest BCUT2D eigenvalue weighted by atomic mass is 10.0. The lowest BCUT2D eigenvalue weighted by Gasteiger charge is -2.15. The Morgan fingerprint density at radius 1 is 1.36 bits per heavy atom. The Morgan fingerprint density at radius 3 is 2.27 bits per heavy atom. The molecule has 1 aliphatic heterocycles. The van der Waals surface area contributed by atoms with Gasteiger partial charge >= 0.3 is 0 Å². The minimum Gasteiger partial charge on any atom is -0.296 e. The van der Waals surface area contributed by atoms with E-state index in [0.29, 0.717) is 12.8 Å². The third-order valence-corrected chi connectivity index (χ3v) is 1.51. The monoisotopic (exact) mass is 157 g/mol. The zero-order valence-corrected chi connectivity index (χ0v) is 7.31. The number of hydrogen-bond acceptors (Lipinski definition) is 2. The van der Waals surface area contributed by atoms with E-state index < -0.39 is 0 Å². The van der Waals surface area contributed by atoms with Crippen LogP contribution in [0.2, 0.25) is 0 Å². The summed E-state index contributed by atoms with van der Waals surface area (Å²) in [5.41, 5.74) is 0. The second-order valence-electron chi connectivity index (χ2n) is 2.35. The van der Waals surface area contributed by atoms with Crippen molar-refractivity contribution in [1.29, 1.82) is 0 Å². The quantitative estimate of drug-likeness (QED) is 0.535. The Morgan fingerprint density at radius 2 is 1.91 bits per heavy atom. The summed E-state index contributed by atoms with van der Waals surface area (Å²) < 4.78 is 0. The van der Waals surface area contributed by atoms with Gasteiger partial charge in [-0.15, -0.1) is 0 Å². The van der Waals surface area contributed by atoms with Gasteiger partial charge in [-0.2, -0.15) is 0 Å². The second-order valence-corrected chi connectivity index (χ2v) is 2.35. The predicted octanol–water partition coefficient (Wildman–Crippen LogP) is 1.09. The first kappa shape index (κ1) is 10.1. The number of amides is 2. The normalized spacial score (nSPS) is 23.4. The summed E-state index contributed by atoms with van der Waals surface area (Å²) in [5.74, 6) is -0.257. The van der Waals surface area contributed by atoms with Crippen LogP contribution in [0, 0.1) is 5.92 Å². The zero-order chi connectivity index (χ0) is 8.85. The smallest absolute Gasteiger partial charge is 0.229 e. The summed E-state index contributed by atoms with van der Waals surface area (Å²) in [6.45, 7) is 5.82. The molecule has 1 N–H and O–H groups in total. The maximum absolute atomic E-state index is 10.7. The summed E-state index contributed by atoms with van der Waals surface area (Å²) in [7, 11) is 0. The molecule has 0 saturated carbocycles. The average Bonchev–Trinajstić information content (AvgIpc) is 2.02. The van der Waals surface area contributed by atoms with Crippen LogP contribution >= 0.6 is 0 Å². The molecular weight excluding hydrogens is 142 g/mol. The van der Waals surface area contributed by atoms with Crippen molar-refractivity contribution in [1.82, 2.24) is 5.32 Å². The molecule has 0 spiro atoms. The van der Waals surface area contributed by atoms with Crippen molar-refractivity contribution in [2.24, 2.45) is 5.92 Å². The lowest BCUT2D eigenvalue weighted by molar-refractivity contribution is -0.135. The number of carbonyl (C=O) groups is 2. The van der Waals surface area contributed by atoms with Gasteiger partial charge < -0.3 is 0 Å². The van der Waals surface area contributed by atoms with E-state index in [1.165, 1.54) is 0 Å². The second kappa shape index (κ2) is 4.88. The van der Waals surface area contributed by atoms with Gasteiger partial charge in [0, 0.05) is 12.3 Å². The van der Waals surface area contributed by atoms with E-state index in [0.717, 1.165) is 0 Å². The third kappa shape index (κ3) is 3.16. The molecule has 0 aromatic heterocycles. The predicted molar refractivity (Wildman–Crippen MR) is 42.9 cm³/mol.